The number of epoxide rings is 1. The molecule has 0 radical (unpaired) electrons. The summed E-state index contributed by atoms with van der Waals surface area (Å²) in [6.45, 7) is 9.74. The molecular formula is C12H24NO+. The SMILES string of the molecule is CCC1CC(C)C[N+](C)(CC2CO2)C1. The van der Waals surface area contributed by atoms with E-state index < -0.39 is 0 Å². The monoisotopic (exact) mass is 198 g/mol. The topological polar surface area (TPSA) is 12.5 Å². The molecule has 0 aromatic heterocycles. The van der Waals surface area contributed by atoms with E-state index in [4.69, 9.17) is 4.74 Å². The van der Waals surface area contributed by atoms with Gasteiger partial charge in [0.05, 0.1) is 26.7 Å². The molecule has 2 heterocycles. The van der Waals surface area contributed by atoms with Crippen molar-refractivity contribution in [1.82, 2.24) is 0 Å². The standard InChI is InChI=1S/C12H24NO/c1-4-11-5-10(2)6-13(3,7-11)8-12-9-14-12/h10-12H,4-9H2,1-3H3/q+1. The van der Waals surface area contributed by atoms with Gasteiger partial charge >= 0.3 is 0 Å². The fraction of sp³-hybridized carbons (Fsp3) is 1.00. The first-order valence-corrected chi connectivity index (χ1v) is 6.06. The van der Waals surface area contributed by atoms with E-state index in [0.29, 0.717) is 6.10 Å². The summed E-state index contributed by atoms with van der Waals surface area (Å²) in [4.78, 5) is 0. The van der Waals surface area contributed by atoms with Crippen LogP contribution >= 0.6 is 0 Å². The van der Waals surface area contributed by atoms with Gasteiger partial charge in [-0.15, -0.1) is 0 Å². The highest BCUT2D eigenvalue weighted by molar-refractivity contribution is 4.73. The van der Waals surface area contributed by atoms with Crippen LogP contribution in [0, 0.1) is 11.8 Å². The predicted molar refractivity (Wildman–Crippen MR) is 58.1 cm³/mol. The van der Waals surface area contributed by atoms with Crippen LogP contribution in [0.2, 0.25) is 0 Å². The van der Waals surface area contributed by atoms with E-state index in [1.165, 1.54) is 37.0 Å². The van der Waals surface area contributed by atoms with Gasteiger partial charge in [0.2, 0.25) is 0 Å². The molecule has 2 rings (SSSR count). The van der Waals surface area contributed by atoms with Gasteiger partial charge in [0.25, 0.3) is 0 Å². The van der Waals surface area contributed by atoms with Crippen LogP contribution in [0.3, 0.4) is 0 Å². The zero-order valence-electron chi connectivity index (χ0n) is 9.83. The summed E-state index contributed by atoms with van der Waals surface area (Å²) >= 11 is 0. The lowest BCUT2D eigenvalue weighted by atomic mass is 9.87. The third-order valence-corrected chi connectivity index (χ3v) is 3.81. The number of likely N-dealkylation sites (tertiary alicyclic amines) is 1. The van der Waals surface area contributed by atoms with Crippen molar-refractivity contribution in [1.29, 1.82) is 0 Å². The second-order valence-electron chi connectivity index (χ2n) is 5.74. The van der Waals surface area contributed by atoms with Crippen LogP contribution in [-0.2, 0) is 4.74 Å². The Morgan fingerprint density at radius 2 is 2.07 bits per heavy atom. The molecule has 2 aliphatic heterocycles. The first-order chi connectivity index (χ1) is 6.61. The number of hydrogen-bond donors (Lipinski definition) is 0. The van der Waals surface area contributed by atoms with Crippen LogP contribution in [0.4, 0.5) is 0 Å². The molecule has 0 N–H and O–H groups in total. The highest BCUT2D eigenvalue weighted by atomic mass is 16.6. The normalized spacial score (nSPS) is 47.8. The molecule has 0 aromatic carbocycles. The minimum absolute atomic E-state index is 0.586. The van der Waals surface area contributed by atoms with Gasteiger partial charge < -0.3 is 9.22 Å². The van der Waals surface area contributed by atoms with Crippen molar-refractivity contribution in [2.24, 2.45) is 11.8 Å². The van der Waals surface area contributed by atoms with Crippen molar-refractivity contribution >= 4 is 0 Å². The molecule has 0 spiro atoms. The van der Waals surface area contributed by atoms with Gasteiger partial charge in [-0.25, -0.2) is 0 Å². The van der Waals surface area contributed by atoms with Crippen molar-refractivity contribution in [2.45, 2.75) is 32.8 Å². The van der Waals surface area contributed by atoms with Crippen LogP contribution in [0.5, 0.6) is 0 Å². The molecule has 0 aliphatic carbocycles. The highest BCUT2D eigenvalue weighted by Crippen LogP contribution is 2.29. The number of rotatable bonds is 3. The molecule has 0 aromatic rings. The molecule has 0 saturated carbocycles. The van der Waals surface area contributed by atoms with Gasteiger partial charge in [0, 0.05) is 11.8 Å². The summed E-state index contributed by atoms with van der Waals surface area (Å²) in [7, 11) is 2.42. The van der Waals surface area contributed by atoms with E-state index in [-0.39, 0.29) is 0 Å². The zero-order valence-corrected chi connectivity index (χ0v) is 9.83. The summed E-state index contributed by atoms with van der Waals surface area (Å²) in [5.74, 6) is 1.85. The Balaban J connectivity index is 1.94. The molecule has 2 aliphatic rings. The molecule has 2 heteroatoms. The molecule has 2 nitrogen and oxygen atoms in total. The van der Waals surface area contributed by atoms with Gasteiger partial charge in [0.15, 0.2) is 0 Å². The average molecular weight is 198 g/mol. The van der Waals surface area contributed by atoms with Gasteiger partial charge in [0.1, 0.15) is 12.6 Å². The highest BCUT2D eigenvalue weighted by Gasteiger charge is 2.39. The number of quaternary nitrogens is 1. The van der Waals surface area contributed by atoms with Gasteiger partial charge in [-0.2, -0.15) is 0 Å². The van der Waals surface area contributed by atoms with Crippen molar-refractivity contribution in [3.8, 4) is 0 Å². The van der Waals surface area contributed by atoms with Gasteiger partial charge in [-0.3, -0.25) is 0 Å². The third kappa shape index (κ3) is 2.48. The minimum Gasteiger partial charge on any atom is -0.367 e. The molecular weight excluding hydrogens is 174 g/mol. The number of hydrogen-bond acceptors (Lipinski definition) is 1. The third-order valence-electron chi connectivity index (χ3n) is 3.81. The first kappa shape index (κ1) is 10.4. The molecule has 4 unspecified atom stereocenters. The second kappa shape index (κ2) is 3.82. The maximum atomic E-state index is 5.36. The maximum Gasteiger partial charge on any atom is 0.130 e. The predicted octanol–water partition coefficient (Wildman–Crippen LogP) is 1.90. The second-order valence-corrected chi connectivity index (χ2v) is 5.74. The lowest BCUT2D eigenvalue weighted by molar-refractivity contribution is -0.921. The molecule has 0 amide bonds. The first-order valence-electron chi connectivity index (χ1n) is 6.06. The molecule has 4 atom stereocenters. The largest absolute Gasteiger partial charge is 0.367 e. The number of nitrogens with zero attached hydrogens (tertiary/aromatic N) is 1. The number of likely N-dealkylation sites (N-methyl/N-ethyl adjacent to an activating group) is 1. The molecule has 14 heavy (non-hydrogen) atoms. The molecule has 0 bridgehead atoms. The van der Waals surface area contributed by atoms with E-state index in [2.05, 4.69) is 20.9 Å². The Labute approximate surface area is 87.8 Å². The summed E-state index contributed by atoms with van der Waals surface area (Å²) in [6.07, 6.45) is 3.38. The van der Waals surface area contributed by atoms with Crippen molar-refractivity contribution in [3.63, 3.8) is 0 Å². The maximum absolute atomic E-state index is 5.36. The van der Waals surface area contributed by atoms with Crippen molar-refractivity contribution in [3.05, 3.63) is 0 Å². The van der Waals surface area contributed by atoms with Crippen LogP contribution in [-0.4, -0.2) is 43.9 Å². The van der Waals surface area contributed by atoms with Crippen LogP contribution in [0.1, 0.15) is 26.7 Å². The van der Waals surface area contributed by atoms with E-state index in [0.717, 1.165) is 18.4 Å². The quantitative estimate of drug-likeness (QED) is 0.498. The van der Waals surface area contributed by atoms with Crippen LogP contribution in [0.15, 0.2) is 0 Å². The van der Waals surface area contributed by atoms with Gasteiger partial charge in [-0.05, 0) is 12.8 Å². The fourth-order valence-electron chi connectivity index (χ4n) is 3.28. The number of piperidine rings is 1. The van der Waals surface area contributed by atoms with E-state index in [9.17, 15) is 0 Å². The Kier molecular flexibility index (Phi) is 2.85. The summed E-state index contributed by atoms with van der Waals surface area (Å²) in [5.41, 5.74) is 0. The fourth-order valence-corrected chi connectivity index (χ4v) is 3.28. The summed E-state index contributed by atoms with van der Waals surface area (Å²) < 4.78 is 6.62. The Hall–Kier alpha value is -0.0800. The van der Waals surface area contributed by atoms with E-state index in [1.54, 1.807) is 0 Å². The lowest BCUT2D eigenvalue weighted by Gasteiger charge is -2.43. The molecule has 2 saturated heterocycles. The lowest BCUT2D eigenvalue weighted by Crippen LogP contribution is -2.55. The summed E-state index contributed by atoms with van der Waals surface area (Å²) in [5, 5.41) is 0. The minimum atomic E-state index is 0.586. The number of ether oxygens (including phenoxy) is 1. The Morgan fingerprint density at radius 1 is 1.36 bits per heavy atom. The molecule has 2 fully saturated rings. The Morgan fingerprint density at radius 3 is 2.64 bits per heavy atom. The van der Waals surface area contributed by atoms with Crippen molar-refractivity contribution < 1.29 is 9.22 Å². The van der Waals surface area contributed by atoms with Crippen molar-refractivity contribution in [2.75, 3.05) is 33.3 Å². The van der Waals surface area contributed by atoms with Crippen LogP contribution < -0.4 is 0 Å². The Bertz CT molecular complexity index is 198. The molecule has 82 valence electrons. The average Bonchev–Trinajstić information content (AvgIpc) is 2.85. The summed E-state index contributed by atoms with van der Waals surface area (Å²) in [6, 6.07) is 0. The van der Waals surface area contributed by atoms with Gasteiger partial charge in [-0.1, -0.05) is 13.8 Å². The van der Waals surface area contributed by atoms with E-state index in [1.807, 2.05) is 0 Å². The van der Waals surface area contributed by atoms with Crippen LogP contribution in [0.25, 0.3) is 0 Å². The zero-order chi connectivity index (χ0) is 10.2. The van der Waals surface area contributed by atoms with E-state index >= 15 is 0 Å². The smallest absolute Gasteiger partial charge is 0.130 e.